The first-order chi connectivity index (χ1) is 9.72. The Morgan fingerprint density at radius 3 is 2.55 bits per heavy atom. The van der Waals surface area contributed by atoms with Crippen molar-refractivity contribution in [3.05, 3.63) is 30.1 Å². The largest absolute Gasteiger partial charge is 0.325 e. The van der Waals surface area contributed by atoms with E-state index in [1.165, 1.54) is 0 Å². The molecule has 1 aliphatic rings. The number of rotatable bonds is 2. The zero-order valence-corrected chi connectivity index (χ0v) is 11.4. The van der Waals surface area contributed by atoms with Crippen molar-refractivity contribution in [2.24, 2.45) is 0 Å². The molecule has 104 valence electrons. The van der Waals surface area contributed by atoms with E-state index < -0.39 is 0 Å². The number of likely N-dealkylation sites (tertiary alicyclic amines) is 1. The Balaban J connectivity index is 1.68. The van der Waals surface area contributed by atoms with Crippen molar-refractivity contribution >= 4 is 11.7 Å². The Bertz CT molecular complexity index is 598. The van der Waals surface area contributed by atoms with Gasteiger partial charge in [0.05, 0.1) is 0 Å². The molecule has 6 nitrogen and oxygen atoms in total. The van der Waals surface area contributed by atoms with Gasteiger partial charge in [-0.25, -0.2) is 9.78 Å². The molecule has 1 aromatic heterocycles. The van der Waals surface area contributed by atoms with Crippen LogP contribution in [0.5, 0.6) is 0 Å². The molecule has 1 fully saturated rings. The monoisotopic (exact) mass is 271 g/mol. The van der Waals surface area contributed by atoms with Crippen molar-refractivity contribution in [1.82, 2.24) is 20.1 Å². The lowest BCUT2D eigenvalue weighted by Gasteiger charge is -2.16. The van der Waals surface area contributed by atoms with Gasteiger partial charge in [0.25, 0.3) is 0 Å². The van der Waals surface area contributed by atoms with Gasteiger partial charge in [-0.05, 0) is 44.0 Å². The molecule has 0 atom stereocenters. The van der Waals surface area contributed by atoms with Crippen LogP contribution in [-0.2, 0) is 0 Å². The van der Waals surface area contributed by atoms with Crippen molar-refractivity contribution in [1.29, 1.82) is 0 Å². The minimum absolute atomic E-state index is 0.0241. The number of aryl methyl sites for hydroxylation is 1. The van der Waals surface area contributed by atoms with E-state index in [9.17, 15) is 4.79 Å². The van der Waals surface area contributed by atoms with Crippen LogP contribution in [0.3, 0.4) is 0 Å². The second kappa shape index (κ2) is 5.32. The maximum absolute atomic E-state index is 12.0. The number of nitrogens with zero attached hydrogens (tertiary/aromatic N) is 3. The molecule has 0 spiro atoms. The number of aromatic nitrogens is 3. The highest BCUT2D eigenvalue weighted by atomic mass is 16.2. The second-order valence-electron chi connectivity index (χ2n) is 4.95. The van der Waals surface area contributed by atoms with Gasteiger partial charge in [0.1, 0.15) is 5.82 Å². The van der Waals surface area contributed by atoms with Crippen LogP contribution in [0.2, 0.25) is 0 Å². The number of aromatic amines is 1. The highest BCUT2D eigenvalue weighted by Crippen LogP contribution is 2.18. The molecule has 6 heteroatoms. The van der Waals surface area contributed by atoms with E-state index in [4.69, 9.17) is 0 Å². The first-order valence-corrected chi connectivity index (χ1v) is 6.78. The average molecular weight is 271 g/mol. The molecule has 0 radical (unpaired) electrons. The smallest absolute Gasteiger partial charge is 0.321 e. The lowest BCUT2D eigenvalue weighted by Crippen LogP contribution is -2.32. The molecule has 2 N–H and O–H groups in total. The van der Waals surface area contributed by atoms with Gasteiger partial charge in [0, 0.05) is 24.3 Å². The third-order valence-corrected chi connectivity index (χ3v) is 3.38. The Labute approximate surface area is 117 Å². The lowest BCUT2D eigenvalue weighted by molar-refractivity contribution is 0.222. The SMILES string of the molecule is Cc1nc(-c2ccc(NC(=O)N3CCCC3)cc2)n[nH]1. The van der Waals surface area contributed by atoms with Crippen LogP contribution < -0.4 is 5.32 Å². The van der Waals surface area contributed by atoms with Crippen LogP contribution >= 0.6 is 0 Å². The van der Waals surface area contributed by atoms with Gasteiger partial charge < -0.3 is 10.2 Å². The number of anilines is 1. The van der Waals surface area contributed by atoms with Gasteiger partial charge in [-0.2, -0.15) is 5.10 Å². The molecule has 0 bridgehead atoms. The Morgan fingerprint density at radius 2 is 1.95 bits per heavy atom. The number of benzene rings is 1. The van der Waals surface area contributed by atoms with Gasteiger partial charge in [-0.3, -0.25) is 5.10 Å². The molecular formula is C14H17N5O. The predicted molar refractivity (Wildman–Crippen MR) is 76.4 cm³/mol. The zero-order chi connectivity index (χ0) is 13.9. The number of hydrogen-bond donors (Lipinski definition) is 2. The normalized spacial score (nSPS) is 14.6. The molecule has 20 heavy (non-hydrogen) atoms. The molecule has 0 saturated carbocycles. The summed E-state index contributed by atoms with van der Waals surface area (Å²) in [7, 11) is 0. The minimum atomic E-state index is -0.0241. The molecule has 3 rings (SSSR count). The summed E-state index contributed by atoms with van der Waals surface area (Å²) in [6, 6.07) is 7.53. The fourth-order valence-corrected chi connectivity index (χ4v) is 2.30. The highest BCUT2D eigenvalue weighted by Gasteiger charge is 2.17. The fraction of sp³-hybridized carbons (Fsp3) is 0.357. The molecule has 2 heterocycles. The van der Waals surface area contributed by atoms with E-state index in [0.29, 0.717) is 5.82 Å². The summed E-state index contributed by atoms with van der Waals surface area (Å²) in [5.74, 6) is 1.45. The number of nitrogens with one attached hydrogen (secondary N) is 2. The van der Waals surface area contributed by atoms with E-state index >= 15 is 0 Å². The lowest BCUT2D eigenvalue weighted by atomic mass is 10.2. The number of urea groups is 1. The van der Waals surface area contributed by atoms with Crippen molar-refractivity contribution in [3.8, 4) is 11.4 Å². The van der Waals surface area contributed by atoms with E-state index in [1.807, 2.05) is 36.1 Å². The molecule has 2 aromatic rings. The second-order valence-corrected chi connectivity index (χ2v) is 4.95. The number of carbonyl (C=O) groups is 1. The number of hydrogen-bond acceptors (Lipinski definition) is 3. The van der Waals surface area contributed by atoms with Crippen LogP contribution in [0.15, 0.2) is 24.3 Å². The first kappa shape index (κ1) is 12.7. The summed E-state index contributed by atoms with van der Waals surface area (Å²) < 4.78 is 0. The summed E-state index contributed by atoms with van der Waals surface area (Å²) in [4.78, 5) is 18.1. The standard InChI is InChI=1S/C14H17N5O/c1-10-15-13(18-17-10)11-4-6-12(7-5-11)16-14(20)19-8-2-3-9-19/h4-7H,2-3,8-9H2,1H3,(H,16,20)(H,15,17,18). The van der Waals surface area contributed by atoms with Crippen molar-refractivity contribution in [2.75, 3.05) is 18.4 Å². The third-order valence-electron chi connectivity index (χ3n) is 3.38. The van der Waals surface area contributed by atoms with E-state index in [2.05, 4.69) is 20.5 Å². The van der Waals surface area contributed by atoms with Crippen molar-refractivity contribution in [2.45, 2.75) is 19.8 Å². The quantitative estimate of drug-likeness (QED) is 0.880. The molecule has 1 saturated heterocycles. The maximum atomic E-state index is 12.0. The summed E-state index contributed by atoms with van der Waals surface area (Å²) in [6.45, 7) is 3.56. The van der Waals surface area contributed by atoms with Gasteiger partial charge in [-0.15, -0.1) is 0 Å². The number of amides is 2. The summed E-state index contributed by atoms with van der Waals surface area (Å²) in [5.41, 5.74) is 1.71. The van der Waals surface area contributed by atoms with Crippen LogP contribution in [0.4, 0.5) is 10.5 Å². The van der Waals surface area contributed by atoms with Gasteiger partial charge in [0.15, 0.2) is 5.82 Å². The topological polar surface area (TPSA) is 73.9 Å². The zero-order valence-electron chi connectivity index (χ0n) is 11.4. The molecule has 0 aliphatic carbocycles. The van der Waals surface area contributed by atoms with Crippen LogP contribution in [0.1, 0.15) is 18.7 Å². The third kappa shape index (κ3) is 2.64. The Hall–Kier alpha value is -2.37. The Kier molecular flexibility index (Phi) is 3.37. The van der Waals surface area contributed by atoms with Gasteiger partial charge in [-0.1, -0.05) is 0 Å². The highest BCUT2D eigenvalue weighted by molar-refractivity contribution is 5.89. The molecular weight excluding hydrogens is 254 g/mol. The number of carbonyl (C=O) groups excluding carboxylic acids is 1. The first-order valence-electron chi connectivity index (χ1n) is 6.78. The predicted octanol–water partition coefficient (Wildman–Crippen LogP) is 2.41. The molecule has 0 unspecified atom stereocenters. The summed E-state index contributed by atoms with van der Waals surface area (Å²) >= 11 is 0. The Morgan fingerprint density at radius 1 is 1.25 bits per heavy atom. The molecule has 1 aliphatic heterocycles. The molecule has 1 aromatic carbocycles. The fourth-order valence-electron chi connectivity index (χ4n) is 2.30. The maximum Gasteiger partial charge on any atom is 0.321 e. The van der Waals surface area contributed by atoms with Crippen LogP contribution in [0, 0.1) is 6.92 Å². The van der Waals surface area contributed by atoms with Crippen LogP contribution in [-0.4, -0.2) is 39.2 Å². The summed E-state index contributed by atoms with van der Waals surface area (Å²) in [5, 5.41) is 9.83. The van der Waals surface area contributed by atoms with Crippen molar-refractivity contribution < 1.29 is 4.79 Å². The molecule has 2 amide bonds. The summed E-state index contributed by atoms with van der Waals surface area (Å²) in [6.07, 6.45) is 2.19. The van der Waals surface area contributed by atoms with E-state index in [1.54, 1.807) is 0 Å². The van der Waals surface area contributed by atoms with E-state index in [-0.39, 0.29) is 6.03 Å². The van der Waals surface area contributed by atoms with Gasteiger partial charge in [0.2, 0.25) is 0 Å². The van der Waals surface area contributed by atoms with Crippen molar-refractivity contribution in [3.63, 3.8) is 0 Å². The average Bonchev–Trinajstić information content (AvgIpc) is 3.10. The number of H-pyrrole nitrogens is 1. The van der Waals surface area contributed by atoms with Gasteiger partial charge >= 0.3 is 6.03 Å². The van der Waals surface area contributed by atoms with Crippen LogP contribution in [0.25, 0.3) is 11.4 Å². The van der Waals surface area contributed by atoms with E-state index in [0.717, 1.165) is 43.0 Å². The minimum Gasteiger partial charge on any atom is -0.325 e.